The van der Waals surface area contributed by atoms with Crippen LogP contribution in [0.3, 0.4) is 0 Å². The summed E-state index contributed by atoms with van der Waals surface area (Å²) < 4.78 is 5.08. The van der Waals surface area contributed by atoms with Crippen LogP contribution >= 0.6 is 0 Å². The van der Waals surface area contributed by atoms with Gasteiger partial charge in [0, 0.05) is 17.6 Å². The molecule has 3 heteroatoms. The normalized spacial score (nSPS) is 13.8. The molecule has 92 valence electrons. The van der Waals surface area contributed by atoms with Gasteiger partial charge >= 0.3 is 0 Å². The number of nitrogens with one attached hydrogen (secondary N) is 1. The van der Waals surface area contributed by atoms with E-state index in [4.69, 9.17) is 9.68 Å². The summed E-state index contributed by atoms with van der Waals surface area (Å²) in [6.45, 7) is 4.21. The minimum absolute atomic E-state index is 0.225. The Bertz CT molecular complexity index is 523. The molecule has 18 heavy (non-hydrogen) atoms. The van der Waals surface area contributed by atoms with E-state index in [0.717, 1.165) is 5.56 Å². The van der Waals surface area contributed by atoms with Crippen molar-refractivity contribution in [2.75, 3.05) is 0 Å². The van der Waals surface area contributed by atoms with Crippen molar-refractivity contribution in [2.45, 2.75) is 25.9 Å². The van der Waals surface area contributed by atoms with Crippen molar-refractivity contribution in [3.8, 4) is 6.07 Å². The molecule has 0 aliphatic heterocycles. The summed E-state index contributed by atoms with van der Waals surface area (Å²) >= 11 is 0. The average Bonchev–Trinajstić information content (AvgIpc) is 2.92. The van der Waals surface area contributed by atoms with Crippen LogP contribution in [0, 0.1) is 11.3 Å². The zero-order valence-electron chi connectivity index (χ0n) is 10.6. The van der Waals surface area contributed by atoms with Gasteiger partial charge in [-0.2, -0.15) is 5.26 Å². The van der Waals surface area contributed by atoms with Crippen molar-refractivity contribution in [3.63, 3.8) is 0 Å². The molecule has 0 fully saturated rings. The lowest BCUT2D eigenvalue weighted by Gasteiger charge is -2.19. The Balaban J connectivity index is 2.03. The first-order chi connectivity index (χ1) is 8.70. The molecule has 0 aliphatic carbocycles. The number of furan rings is 1. The van der Waals surface area contributed by atoms with Crippen molar-refractivity contribution >= 4 is 0 Å². The van der Waals surface area contributed by atoms with Crippen LogP contribution in [0.5, 0.6) is 0 Å². The van der Waals surface area contributed by atoms with E-state index < -0.39 is 0 Å². The fourth-order valence-corrected chi connectivity index (χ4v) is 1.94. The highest BCUT2D eigenvalue weighted by atomic mass is 16.3. The van der Waals surface area contributed by atoms with Gasteiger partial charge in [-0.1, -0.05) is 12.1 Å². The third-order valence-electron chi connectivity index (χ3n) is 3.08. The van der Waals surface area contributed by atoms with Gasteiger partial charge < -0.3 is 9.73 Å². The Morgan fingerprint density at radius 2 is 1.72 bits per heavy atom. The number of rotatable bonds is 4. The van der Waals surface area contributed by atoms with E-state index in [1.54, 1.807) is 12.5 Å². The number of nitrogens with zero attached hydrogens (tertiary/aromatic N) is 1. The smallest absolute Gasteiger partial charge is 0.0991 e. The highest BCUT2D eigenvalue weighted by Crippen LogP contribution is 2.19. The van der Waals surface area contributed by atoms with Crippen molar-refractivity contribution in [3.05, 3.63) is 59.5 Å². The summed E-state index contributed by atoms with van der Waals surface area (Å²) in [5, 5.41) is 12.3. The molecule has 1 aromatic carbocycles. The fraction of sp³-hybridized carbons (Fsp3) is 0.267. The molecule has 0 bridgehead atoms. The molecule has 1 heterocycles. The lowest BCUT2D eigenvalue weighted by atomic mass is 10.0. The molecule has 2 aromatic rings. The maximum atomic E-state index is 8.76. The quantitative estimate of drug-likeness (QED) is 0.888. The van der Waals surface area contributed by atoms with Crippen LogP contribution in [0.15, 0.2) is 47.3 Å². The number of hydrogen-bond donors (Lipinski definition) is 1. The number of nitriles is 1. The van der Waals surface area contributed by atoms with Gasteiger partial charge in [0.1, 0.15) is 0 Å². The minimum Gasteiger partial charge on any atom is -0.472 e. The second kappa shape index (κ2) is 5.52. The Kier molecular flexibility index (Phi) is 3.81. The summed E-state index contributed by atoms with van der Waals surface area (Å²) in [5.41, 5.74) is 2.99. The van der Waals surface area contributed by atoms with Crippen LogP contribution in [0.4, 0.5) is 0 Å². The summed E-state index contributed by atoms with van der Waals surface area (Å²) in [5.74, 6) is 0. The molecule has 0 radical (unpaired) electrons. The standard InChI is InChI=1S/C15H16N2O/c1-11(14-5-3-13(9-16)4-6-14)17-12(2)15-7-8-18-10-15/h3-8,10-12,17H,1-2H3. The van der Waals surface area contributed by atoms with Gasteiger partial charge in [0.25, 0.3) is 0 Å². The molecule has 2 unspecified atom stereocenters. The summed E-state index contributed by atoms with van der Waals surface area (Å²) in [4.78, 5) is 0. The van der Waals surface area contributed by atoms with E-state index in [-0.39, 0.29) is 12.1 Å². The van der Waals surface area contributed by atoms with Crippen molar-refractivity contribution in [1.29, 1.82) is 5.26 Å². The van der Waals surface area contributed by atoms with E-state index in [9.17, 15) is 0 Å². The van der Waals surface area contributed by atoms with Crippen LogP contribution in [0.1, 0.15) is 42.6 Å². The Hall–Kier alpha value is -2.05. The van der Waals surface area contributed by atoms with Gasteiger partial charge in [-0.25, -0.2) is 0 Å². The van der Waals surface area contributed by atoms with Gasteiger partial charge in [-0.15, -0.1) is 0 Å². The topological polar surface area (TPSA) is 49.0 Å². The summed E-state index contributed by atoms with van der Waals surface area (Å²) in [7, 11) is 0. The van der Waals surface area contributed by atoms with E-state index >= 15 is 0 Å². The van der Waals surface area contributed by atoms with E-state index in [2.05, 4.69) is 25.2 Å². The van der Waals surface area contributed by atoms with E-state index in [1.807, 2.05) is 30.3 Å². The van der Waals surface area contributed by atoms with Gasteiger partial charge in [-0.05, 0) is 37.6 Å². The van der Waals surface area contributed by atoms with Gasteiger partial charge in [0.05, 0.1) is 24.2 Å². The molecule has 0 amide bonds. The Morgan fingerprint density at radius 3 is 2.28 bits per heavy atom. The first kappa shape index (κ1) is 12.4. The van der Waals surface area contributed by atoms with Crippen LogP contribution in [0.25, 0.3) is 0 Å². The zero-order chi connectivity index (χ0) is 13.0. The molecule has 0 spiro atoms. The first-order valence-electron chi connectivity index (χ1n) is 5.99. The fourth-order valence-electron chi connectivity index (χ4n) is 1.94. The second-order valence-corrected chi connectivity index (χ2v) is 4.40. The predicted molar refractivity (Wildman–Crippen MR) is 69.8 cm³/mol. The maximum Gasteiger partial charge on any atom is 0.0991 e. The summed E-state index contributed by atoms with van der Waals surface area (Å²) in [6.07, 6.45) is 3.43. The Morgan fingerprint density at radius 1 is 1.06 bits per heavy atom. The van der Waals surface area contributed by atoms with Crippen LogP contribution in [0.2, 0.25) is 0 Å². The number of hydrogen-bond acceptors (Lipinski definition) is 3. The molecule has 2 rings (SSSR count). The minimum atomic E-state index is 0.225. The van der Waals surface area contributed by atoms with Crippen molar-refractivity contribution < 1.29 is 4.42 Å². The van der Waals surface area contributed by atoms with Crippen LogP contribution < -0.4 is 5.32 Å². The van der Waals surface area contributed by atoms with Crippen LogP contribution in [-0.4, -0.2) is 0 Å². The van der Waals surface area contributed by atoms with Crippen molar-refractivity contribution in [2.24, 2.45) is 0 Å². The van der Waals surface area contributed by atoms with E-state index in [1.165, 1.54) is 5.56 Å². The molecule has 0 aliphatic rings. The van der Waals surface area contributed by atoms with E-state index in [0.29, 0.717) is 5.56 Å². The van der Waals surface area contributed by atoms with Gasteiger partial charge in [0.15, 0.2) is 0 Å². The van der Waals surface area contributed by atoms with Gasteiger partial charge in [0.2, 0.25) is 0 Å². The highest BCUT2D eigenvalue weighted by molar-refractivity contribution is 5.32. The molecular formula is C15H16N2O. The third kappa shape index (κ3) is 2.79. The SMILES string of the molecule is CC(NC(C)c1ccoc1)c1ccc(C#N)cc1. The molecule has 2 atom stereocenters. The monoisotopic (exact) mass is 240 g/mol. The molecule has 0 saturated heterocycles. The first-order valence-corrected chi connectivity index (χ1v) is 5.99. The van der Waals surface area contributed by atoms with Crippen LogP contribution in [-0.2, 0) is 0 Å². The molecule has 0 saturated carbocycles. The lowest BCUT2D eigenvalue weighted by Crippen LogP contribution is -2.22. The average molecular weight is 240 g/mol. The molecular weight excluding hydrogens is 224 g/mol. The maximum absolute atomic E-state index is 8.76. The lowest BCUT2D eigenvalue weighted by molar-refractivity contribution is 0.486. The zero-order valence-corrected chi connectivity index (χ0v) is 10.6. The van der Waals surface area contributed by atoms with Crippen molar-refractivity contribution in [1.82, 2.24) is 5.32 Å². The number of benzene rings is 1. The van der Waals surface area contributed by atoms with Gasteiger partial charge in [-0.3, -0.25) is 0 Å². The molecule has 3 nitrogen and oxygen atoms in total. The highest BCUT2D eigenvalue weighted by Gasteiger charge is 2.11. The summed E-state index contributed by atoms with van der Waals surface area (Å²) in [6, 6.07) is 12.2. The molecule has 1 aromatic heterocycles. The Labute approximate surface area is 107 Å². The third-order valence-corrected chi connectivity index (χ3v) is 3.08. The predicted octanol–water partition coefficient (Wildman–Crippen LogP) is 3.56. The largest absolute Gasteiger partial charge is 0.472 e. The second-order valence-electron chi connectivity index (χ2n) is 4.40. The molecule has 1 N–H and O–H groups in total.